The van der Waals surface area contributed by atoms with E-state index in [1.54, 1.807) is 0 Å². The Morgan fingerprint density at radius 1 is 1.24 bits per heavy atom. The molecular weight excluding hydrogens is 220 g/mol. The minimum atomic E-state index is -0.593. The summed E-state index contributed by atoms with van der Waals surface area (Å²) in [4.78, 5) is 11.5. The molecule has 0 aromatic carbocycles. The Labute approximate surface area is 101 Å². The SMILES string of the molecule is O=C(O)C1(C2CCOC3(CCOC3)C2)CCC1. The largest absolute Gasteiger partial charge is 0.481 e. The van der Waals surface area contributed by atoms with Crippen molar-refractivity contribution in [3.8, 4) is 0 Å². The Balaban J connectivity index is 1.77. The summed E-state index contributed by atoms with van der Waals surface area (Å²) >= 11 is 0. The summed E-state index contributed by atoms with van der Waals surface area (Å²) in [6.45, 7) is 2.11. The second-order valence-electron chi connectivity index (χ2n) is 5.84. The number of ether oxygens (including phenoxy) is 2. The van der Waals surface area contributed by atoms with E-state index in [0.717, 1.165) is 45.1 Å². The maximum absolute atomic E-state index is 11.5. The van der Waals surface area contributed by atoms with Gasteiger partial charge >= 0.3 is 5.97 Å². The van der Waals surface area contributed by atoms with Crippen LogP contribution >= 0.6 is 0 Å². The predicted octanol–water partition coefficient (Wildman–Crippen LogP) is 1.83. The molecule has 1 N–H and O–H groups in total. The van der Waals surface area contributed by atoms with Crippen LogP contribution in [0.15, 0.2) is 0 Å². The molecule has 2 unspecified atom stereocenters. The lowest BCUT2D eigenvalue weighted by molar-refractivity contribution is -0.173. The molecule has 3 fully saturated rings. The van der Waals surface area contributed by atoms with Crippen molar-refractivity contribution in [3.05, 3.63) is 0 Å². The average Bonchev–Trinajstić information content (AvgIpc) is 2.64. The molecule has 17 heavy (non-hydrogen) atoms. The van der Waals surface area contributed by atoms with Crippen molar-refractivity contribution in [2.45, 2.75) is 44.1 Å². The third-order valence-electron chi connectivity index (χ3n) is 5.01. The molecule has 2 aliphatic heterocycles. The molecule has 96 valence electrons. The van der Waals surface area contributed by atoms with Crippen LogP contribution < -0.4 is 0 Å². The Kier molecular flexibility index (Phi) is 2.67. The topological polar surface area (TPSA) is 55.8 Å². The number of hydrogen-bond acceptors (Lipinski definition) is 3. The van der Waals surface area contributed by atoms with Gasteiger partial charge in [-0.3, -0.25) is 4.79 Å². The first-order chi connectivity index (χ1) is 8.17. The van der Waals surface area contributed by atoms with E-state index in [2.05, 4.69) is 0 Å². The van der Waals surface area contributed by atoms with Crippen molar-refractivity contribution < 1.29 is 19.4 Å². The number of carboxylic acids is 1. The normalized spacial score (nSPS) is 40.1. The van der Waals surface area contributed by atoms with E-state index in [1.165, 1.54) is 0 Å². The zero-order chi connectivity index (χ0) is 11.9. The van der Waals surface area contributed by atoms with Crippen LogP contribution in [0.25, 0.3) is 0 Å². The second kappa shape index (κ2) is 3.95. The van der Waals surface area contributed by atoms with E-state index >= 15 is 0 Å². The fourth-order valence-electron chi connectivity index (χ4n) is 3.72. The van der Waals surface area contributed by atoms with Crippen molar-refractivity contribution >= 4 is 5.97 Å². The molecule has 0 amide bonds. The molecule has 1 spiro atoms. The Morgan fingerprint density at radius 2 is 2.06 bits per heavy atom. The molecule has 4 nitrogen and oxygen atoms in total. The van der Waals surface area contributed by atoms with E-state index in [-0.39, 0.29) is 11.5 Å². The van der Waals surface area contributed by atoms with Gasteiger partial charge < -0.3 is 14.6 Å². The van der Waals surface area contributed by atoms with E-state index in [9.17, 15) is 9.90 Å². The van der Waals surface area contributed by atoms with Crippen molar-refractivity contribution in [1.82, 2.24) is 0 Å². The standard InChI is InChI=1S/C13H20O4/c14-11(15)13(3-1-4-13)10-2-6-17-12(8-10)5-7-16-9-12/h10H,1-9H2,(H,14,15). The monoisotopic (exact) mass is 240 g/mol. The Morgan fingerprint density at radius 3 is 2.59 bits per heavy atom. The van der Waals surface area contributed by atoms with Gasteiger partial charge in [-0.15, -0.1) is 0 Å². The van der Waals surface area contributed by atoms with Crippen LogP contribution in [0.2, 0.25) is 0 Å². The van der Waals surface area contributed by atoms with Crippen LogP contribution in [0.5, 0.6) is 0 Å². The molecular formula is C13H20O4. The predicted molar refractivity (Wildman–Crippen MR) is 60.8 cm³/mol. The second-order valence-corrected chi connectivity index (χ2v) is 5.84. The van der Waals surface area contributed by atoms with Gasteiger partial charge in [0, 0.05) is 19.6 Å². The first-order valence-corrected chi connectivity index (χ1v) is 6.62. The van der Waals surface area contributed by atoms with Gasteiger partial charge in [0.25, 0.3) is 0 Å². The quantitative estimate of drug-likeness (QED) is 0.800. The fourth-order valence-corrected chi connectivity index (χ4v) is 3.72. The number of carbonyl (C=O) groups is 1. The van der Waals surface area contributed by atoms with Gasteiger partial charge in [-0.1, -0.05) is 6.42 Å². The van der Waals surface area contributed by atoms with Gasteiger partial charge in [0.15, 0.2) is 0 Å². The molecule has 0 bridgehead atoms. The van der Waals surface area contributed by atoms with Gasteiger partial charge in [0.05, 0.1) is 17.6 Å². The number of aliphatic carboxylic acids is 1. The van der Waals surface area contributed by atoms with Crippen LogP contribution in [0.4, 0.5) is 0 Å². The van der Waals surface area contributed by atoms with E-state index in [0.29, 0.717) is 13.2 Å². The van der Waals surface area contributed by atoms with Crippen LogP contribution in [0, 0.1) is 11.3 Å². The summed E-state index contributed by atoms with van der Waals surface area (Å²) in [6.07, 6.45) is 5.47. The lowest BCUT2D eigenvalue weighted by atomic mass is 9.57. The minimum Gasteiger partial charge on any atom is -0.481 e. The zero-order valence-corrected chi connectivity index (χ0v) is 10.1. The molecule has 1 saturated carbocycles. The highest BCUT2D eigenvalue weighted by atomic mass is 16.6. The van der Waals surface area contributed by atoms with E-state index in [4.69, 9.17) is 9.47 Å². The fraction of sp³-hybridized carbons (Fsp3) is 0.923. The van der Waals surface area contributed by atoms with Crippen molar-refractivity contribution in [2.24, 2.45) is 11.3 Å². The number of rotatable bonds is 2. The molecule has 0 radical (unpaired) electrons. The van der Waals surface area contributed by atoms with Crippen LogP contribution in [-0.2, 0) is 14.3 Å². The van der Waals surface area contributed by atoms with Crippen LogP contribution in [-0.4, -0.2) is 36.5 Å². The van der Waals surface area contributed by atoms with Crippen LogP contribution in [0.1, 0.15) is 38.5 Å². The molecule has 2 atom stereocenters. The van der Waals surface area contributed by atoms with Crippen LogP contribution in [0.3, 0.4) is 0 Å². The third kappa shape index (κ3) is 1.69. The van der Waals surface area contributed by atoms with Crippen molar-refractivity contribution in [1.29, 1.82) is 0 Å². The Hall–Kier alpha value is -0.610. The smallest absolute Gasteiger partial charge is 0.309 e. The lowest BCUT2D eigenvalue weighted by Crippen LogP contribution is -2.51. The van der Waals surface area contributed by atoms with Gasteiger partial charge in [0.1, 0.15) is 0 Å². The summed E-state index contributed by atoms with van der Waals surface area (Å²) < 4.78 is 11.3. The van der Waals surface area contributed by atoms with E-state index < -0.39 is 11.4 Å². The van der Waals surface area contributed by atoms with Gasteiger partial charge in [-0.05, 0) is 31.6 Å². The third-order valence-corrected chi connectivity index (χ3v) is 5.01. The maximum Gasteiger partial charge on any atom is 0.309 e. The molecule has 3 rings (SSSR count). The summed E-state index contributed by atoms with van der Waals surface area (Å²) in [5, 5.41) is 9.50. The van der Waals surface area contributed by atoms with Crippen molar-refractivity contribution in [3.63, 3.8) is 0 Å². The van der Waals surface area contributed by atoms with Gasteiger partial charge in [0.2, 0.25) is 0 Å². The van der Waals surface area contributed by atoms with Gasteiger partial charge in [-0.2, -0.15) is 0 Å². The summed E-state index contributed by atoms with van der Waals surface area (Å²) in [6, 6.07) is 0. The van der Waals surface area contributed by atoms with Crippen molar-refractivity contribution in [2.75, 3.05) is 19.8 Å². The molecule has 2 saturated heterocycles. The number of hydrogen-bond donors (Lipinski definition) is 1. The number of carboxylic acid groups (broad SMARTS) is 1. The molecule has 3 aliphatic rings. The summed E-state index contributed by atoms with van der Waals surface area (Å²) in [7, 11) is 0. The molecule has 4 heteroatoms. The van der Waals surface area contributed by atoms with Gasteiger partial charge in [-0.25, -0.2) is 0 Å². The Bertz CT molecular complexity index is 315. The molecule has 0 aromatic heterocycles. The highest BCUT2D eigenvalue weighted by Crippen LogP contribution is 2.53. The molecule has 2 heterocycles. The van der Waals surface area contributed by atoms with E-state index in [1.807, 2.05) is 0 Å². The molecule has 0 aromatic rings. The zero-order valence-electron chi connectivity index (χ0n) is 10.1. The summed E-state index contributed by atoms with van der Waals surface area (Å²) in [5.41, 5.74) is -0.611. The molecule has 1 aliphatic carbocycles. The first kappa shape index (κ1) is 11.5. The first-order valence-electron chi connectivity index (χ1n) is 6.62. The highest BCUT2D eigenvalue weighted by molar-refractivity contribution is 5.76. The minimum absolute atomic E-state index is 0.166. The lowest BCUT2D eigenvalue weighted by Gasteiger charge is -2.49. The highest BCUT2D eigenvalue weighted by Gasteiger charge is 2.54. The average molecular weight is 240 g/mol. The maximum atomic E-state index is 11.5. The summed E-state index contributed by atoms with van der Waals surface area (Å²) in [5.74, 6) is -0.311.